The Morgan fingerprint density at radius 3 is 2.57 bits per heavy atom. The fourth-order valence-corrected chi connectivity index (χ4v) is 3.13. The summed E-state index contributed by atoms with van der Waals surface area (Å²) >= 11 is 12.2. The number of fused-ring (bicyclic) bond motifs is 1. The Kier molecular flexibility index (Phi) is 5.15. The first-order valence-electron chi connectivity index (χ1n) is 8.58. The zero-order chi connectivity index (χ0) is 19.5. The third-order valence-corrected chi connectivity index (χ3v) is 4.76. The summed E-state index contributed by atoms with van der Waals surface area (Å²) in [6.45, 7) is 0. The molecule has 0 aliphatic carbocycles. The fraction of sp³-hybridized carbons (Fsp3) is 0. The van der Waals surface area contributed by atoms with E-state index in [-0.39, 0.29) is 5.91 Å². The first kappa shape index (κ1) is 18.3. The van der Waals surface area contributed by atoms with E-state index in [9.17, 15) is 4.79 Å². The number of benzene rings is 3. The number of aromatic amines is 1. The van der Waals surface area contributed by atoms with E-state index in [0.717, 1.165) is 22.2 Å². The number of para-hydroxylation sites is 2. The van der Waals surface area contributed by atoms with Crippen molar-refractivity contribution in [2.24, 2.45) is 0 Å². The average molecular weight is 408 g/mol. The molecule has 4 rings (SSSR count). The monoisotopic (exact) mass is 407 g/mol. The van der Waals surface area contributed by atoms with Crippen LogP contribution >= 0.6 is 23.2 Å². The number of carbonyl (C=O) groups is 1. The number of nitrogens with one attached hydrogen (secondary N) is 2. The fourth-order valence-electron chi connectivity index (χ4n) is 2.79. The highest BCUT2D eigenvalue weighted by atomic mass is 35.5. The summed E-state index contributed by atoms with van der Waals surface area (Å²) in [7, 11) is 0. The lowest BCUT2D eigenvalue weighted by atomic mass is 10.2. The number of halogens is 2. The van der Waals surface area contributed by atoms with Crippen LogP contribution in [0.25, 0.3) is 28.5 Å². The predicted molar refractivity (Wildman–Crippen MR) is 116 cm³/mol. The quantitative estimate of drug-likeness (QED) is 0.396. The number of hydrogen-bond donors (Lipinski definition) is 2. The second kappa shape index (κ2) is 7.89. The highest BCUT2D eigenvalue weighted by Crippen LogP contribution is 2.30. The Balaban J connectivity index is 1.55. The van der Waals surface area contributed by atoms with Crippen LogP contribution < -0.4 is 5.32 Å². The molecular formula is C22H15Cl2N3O. The number of carbonyl (C=O) groups excluding carboxylic acids is 1. The molecule has 1 amide bonds. The molecule has 6 heteroatoms. The van der Waals surface area contributed by atoms with Gasteiger partial charge >= 0.3 is 0 Å². The maximum Gasteiger partial charge on any atom is 0.248 e. The molecule has 0 saturated heterocycles. The molecular weight excluding hydrogens is 393 g/mol. The first-order valence-corrected chi connectivity index (χ1v) is 9.33. The number of aromatic nitrogens is 2. The van der Waals surface area contributed by atoms with E-state index in [2.05, 4.69) is 15.3 Å². The zero-order valence-corrected chi connectivity index (χ0v) is 16.1. The lowest BCUT2D eigenvalue weighted by Gasteiger charge is -2.06. The van der Waals surface area contributed by atoms with Crippen molar-refractivity contribution in [2.45, 2.75) is 0 Å². The van der Waals surface area contributed by atoms with E-state index in [1.54, 1.807) is 36.4 Å². The smallest absolute Gasteiger partial charge is 0.248 e. The van der Waals surface area contributed by atoms with Crippen LogP contribution in [0.4, 0.5) is 5.69 Å². The minimum absolute atomic E-state index is 0.243. The van der Waals surface area contributed by atoms with Crippen molar-refractivity contribution < 1.29 is 4.79 Å². The van der Waals surface area contributed by atoms with Crippen LogP contribution in [0.2, 0.25) is 10.0 Å². The second-order valence-electron chi connectivity index (χ2n) is 6.17. The average Bonchev–Trinajstić information content (AvgIpc) is 3.13. The van der Waals surface area contributed by atoms with Crippen LogP contribution in [-0.2, 0) is 4.79 Å². The van der Waals surface area contributed by atoms with Crippen LogP contribution in [0.5, 0.6) is 0 Å². The number of amides is 1. The number of rotatable bonds is 4. The van der Waals surface area contributed by atoms with E-state index < -0.39 is 0 Å². The summed E-state index contributed by atoms with van der Waals surface area (Å²) in [5.74, 6) is 0.409. The molecule has 0 saturated carbocycles. The molecule has 0 bridgehead atoms. The Labute approximate surface area is 171 Å². The lowest BCUT2D eigenvalue weighted by molar-refractivity contribution is -0.111. The van der Waals surface area contributed by atoms with Crippen LogP contribution in [0, 0.1) is 0 Å². The Morgan fingerprint density at radius 1 is 1.00 bits per heavy atom. The molecule has 0 aliphatic heterocycles. The molecule has 0 radical (unpaired) electrons. The highest BCUT2D eigenvalue weighted by Gasteiger charge is 2.10. The van der Waals surface area contributed by atoms with Crippen LogP contribution in [-0.4, -0.2) is 15.9 Å². The third kappa shape index (κ3) is 4.09. The molecule has 0 atom stereocenters. The second-order valence-corrected chi connectivity index (χ2v) is 7.01. The van der Waals surface area contributed by atoms with E-state index in [1.165, 1.54) is 6.08 Å². The summed E-state index contributed by atoms with van der Waals surface area (Å²) < 4.78 is 0. The largest absolute Gasteiger partial charge is 0.338 e. The van der Waals surface area contributed by atoms with Crippen molar-refractivity contribution in [1.82, 2.24) is 9.97 Å². The van der Waals surface area contributed by atoms with Gasteiger partial charge in [0, 0.05) is 22.3 Å². The van der Waals surface area contributed by atoms with Crippen molar-refractivity contribution in [3.63, 3.8) is 0 Å². The topological polar surface area (TPSA) is 57.8 Å². The number of hydrogen-bond acceptors (Lipinski definition) is 2. The summed E-state index contributed by atoms with van der Waals surface area (Å²) in [4.78, 5) is 20.1. The van der Waals surface area contributed by atoms with Crippen LogP contribution in [0.1, 0.15) is 5.56 Å². The summed E-state index contributed by atoms with van der Waals surface area (Å²) in [6.07, 6.45) is 3.19. The van der Waals surface area contributed by atoms with Gasteiger partial charge in [0.1, 0.15) is 5.82 Å². The van der Waals surface area contributed by atoms with Gasteiger partial charge in [-0.3, -0.25) is 4.79 Å². The Hall–Kier alpha value is -3.08. The van der Waals surface area contributed by atoms with Gasteiger partial charge in [0.05, 0.1) is 16.1 Å². The normalized spacial score (nSPS) is 11.2. The van der Waals surface area contributed by atoms with Crippen molar-refractivity contribution in [3.8, 4) is 11.4 Å². The number of anilines is 1. The maximum atomic E-state index is 12.2. The molecule has 4 aromatic rings. The van der Waals surface area contributed by atoms with Gasteiger partial charge in [0.2, 0.25) is 5.91 Å². The Morgan fingerprint density at radius 2 is 1.79 bits per heavy atom. The van der Waals surface area contributed by atoms with Gasteiger partial charge in [-0.1, -0.05) is 47.5 Å². The van der Waals surface area contributed by atoms with Gasteiger partial charge in [-0.05, 0) is 54.1 Å². The van der Waals surface area contributed by atoms with Gasteiger partial charge in [-0.15, -0.1) is 0 Å². The minimum atomic E-state index is -0.243. The first-order chi connectivity index (χ1) is 13.6. The lowest BCUT2D eigenvalue weighted by Crippen LogP contribution is -2.07. The molecule has 28 heavy (non-hydrogen) atoms. The standard InChI is InChI=1S/C22H15Cl2N3O/c23-15-8-5-14(6-9-15)7-12-21(28)25-16-10-11-18(24)17(13-16)22-26-19-3-1-2-4-20(19)27-22/h1-13H,(H,25,28)(H,26,27). The summed E-state index contributed by atoms with van der Waals surface area (Å²) in [5.41, 5.74) is 4.02. The summed E-state index contributed by atoms with van der Waals surface area (Å²) in [6, 6.07) is 20.3. The molecule has 0 fully saturated rings. The third-order valence-electron chi connectivity index (χ3n) is 4.18. The van der Waals surface area contributed by atoms with Crippen molar-refractivity contribution in [2.75, 3.05) is 5.32 Å². The molecule has 2 N–H and O–H groups in total. The molecule has 0 spiro atoms. The molecule has 0 aliphatic rings. The highest BCUT2D eigenvalue weighted by molar-refractivity contribution is 6.33. The maximum absolute atomic E-state index is 12.2. The zero-order valence-electron chi connectivity index (χ0n) is 14.6. The molecule has 3 aromatic carbocycles. The predicted octanol–water partition coefficient (Wildman–Crippen LogP) is 6.19. The molecule has 0 unspecified atom stereocenters. The molecule has 1 heterocycles. The number of nitrogens with zero attached hydrogens (tertiary/aromatic N) is 1. The van der Waals surface area contributed by atoms with Crippen molar-refractivity contribution in [1.29, 1.82) is 0 Å². The van der Waals surface area contributed by atoms with E-state index in [4.69, 9.17) is 23.2 Å². The van der Waals surface area contributed by atoms with Gasteiger partial charge < -0.3 is 10.3 Å². The van der Waals surface area contributed by atoms with Crippen molar-refractivity contribution in [3.05, 3.63) is 88.4 Å². The van der Waals surface area contributed by atoms with Gasteiger partial charge in [-0.25, -0.2) is 4.98 Å². The SMILES string of the molecule is O=C(C=Cc1ccc(Cl)cc1)Nc1ccc(Cl)c(-c2nc3ccccc3[nH]2)c1. The molecule has 1 aromatic heterocycles. The van der Waals surface area contributed by atoms with Gasteiger partial charge in [0.25, 0.3) is 0 Å². The molecule has 138 valence electrons. The van der Waals surface area contributed by atoms with Crippen LogP contribution in [0.15, 0.2) is 72.8 Å². The van der Waals surface area contributed by atoms with E-state index >= 15 is 0 Å². The van der Waals surface area contributed by atoms with E-state index in [0.29, 0.717) is 21.6 Å². The molecule has 4 nitrogen and oxygen atoms in total. The van der Waals surface area contributed by atoms with Crippen LogP contribution in [0.3, 0.4) is 0 Å². The summed E-state index contributed by atoms with van der Waals surface area (Å²) in [5, 5.41) is 4.05. The van der Waals surface area contributed by atoms with Gasteiger partial charge in [-0.2, -0.15) is 0 Å². The number of H-pyrrole nitrogens is 1. The minimum Gasteiger partial charge on any atom is -0.338 e. The van der Waals surface area contributed by atoms with E-state index in [1.807, 2.05) is 36.4 Å². The number of imidazole rings is 1. The van der Waals surface area contributed by atoms with Crippen molar-refractivity contribution >= 4 is 51.9 Å². The Bertz CT molecular complexity index is 1150. The van der Waals surface area contributed by atoms with Gasteiger partial charge in [0.15, 0.2) is 0 Å².